The summed E-state index contributed by atoms with van der Waals surface area (Å²) in [6.45, 7) is 4.11. The minimum atomic E-state index is -0.640. The number of rotatable bonds is 7. The molecule has 0 saturated carbocycles. The van der Waals surface area contributed by atoms with Gasteiger partial charge in [0.25, 0.3) is 0 Å². The molecule has 4 aromatic rings. The van der Waals surface area contributed by atoms with Crippen LogP contribution in [0.5, 0.6) is 11.5 Å². The molecular weight excluding hydrogens is 512 g/mol. The van der Waals surface area contributed by atoms with Gasteiger partial charge in [0.15, 0.2) is 11.5 Å². The number of nitriles is 1. The molecule has 0 aliphatic carbocycles. The van der Waals surface area contributed by atoms with Gasteiger partial charge >= 0.3 is 5.97 Å². The van der Waals surface area contributed by atoms with Crippen LogP contribution in [0.4, 0.5) is 0 Å². The van der Waals surface area contributed by atoms with Gasteiger partial charge in [-0.05, 0) is 41.9 Å². The Morgan fingerprint density at radius 1 is 1.34 bits per heavy atom. The molecule has 2 aromatic heterocycles. The van der Waals surface area contributed by atoms with Crippen LogP contribution < -0.4 is 9.47 Å². The van der Waals surface area contributed by atoms with Crippen LogP contribution in [0.2, 0.25) is 0 Å². The molecule has 0 atom stereocenters. The lowest BCUT2D eigenvalue weighted by Gasteiger charge is -2.12. The normalized spacial score (nSPS) is 10.8. The molecule has 162 valence electrons. The zero-order valence-electron chi connectivity index (χ0n) is 17.2. The summed E-state index contributed by atoms with van der Waals surface area (Å²) in [4.78, 5) is 17.7. The number of aryl methyl sites for hydroxylation is 1. The fraction of sp³-hybridized carbons (Fsp3) is 0.174. The number of fused-ring (bicyclic) bond motifs is 1. The monoisotopic (exact) mass is 528 g/mol. The summed E-state index contributed by atoms with van der Waals surface area (Å²) in [5.41, 5.74) is 2.70. The Balaban J connectivity index is 1.69. The molecule has 0 fully saturated rings. The Morgan fingerprint density at radius 3 is 2.88 bits per heavy atom. The topological polar surface area (TPSA) is 85.4 Å². The SMILES string of the molecule is CCOc1cc(C#N)cc(Br)c1OC(=O)c1oc2ccccc2c1CSc1nc(C)cs1. The van der Waals surface area contributed by atoms with Crippen molar-refractivity contribution in [3.05, 3.63) is 68.8 Å². The van der Waals surface area contributed by atoms with Gasteiger partial charge in [-0.1, -0.05) is 30.0 Å². The minimum absolute atomic E-state index is 0.130. The maximum atomic E-state index is 13.2. The highest BCUT2D eigenvalue weighted by molar-refractivity contribution is 9.10. The van der Waals surface area contributed by atoms with Crippen molar-refractivity contribution in [3.8, 4) is 17.6 Å². The number of thiazole rings is 1. The van der Waals surface area contributed by atoms with Crippen LogP contribution in [0.1, 0.15) is 34.3 Å². The zero-order chi connectivity index (χ0) is 22.7. The molecular formula is C23H17BrN2O4S2. The molecule has 2 heterocycles. The summed E-state index contributed by atoms with van der Waals surface area (Å²) in [7, 11) is 0. The Hall–Kier alpha value is -2.80. The Labute approximate surface area is 201 Å². The van der Waals surface area contributed by atoms with Crippen molar-refractivity contribution >= 4 is 56.0 Å². The van der Waals surface area contributed by atoms with Crippen LogP contribution in [0, 0.1) is 18.3 Å². The number of esters is 1. The van der Waals surface area contributed by atoms with E-state index in [4.69, 9.17) is 13.9 Å². The highest BCUT2D eigenvalue weighted by Crippen LogP contribution is 2.39. The predicted molar refractivity (Wildman–Crippen MR) is 128 cm³/mol. The maximum absolute atomic E-state index is 13.2. The molecule has 0 radical (unpaired) electrons. The van der Waals surface area contributed by atoms with Crippen molar-refractivity contribution in [1.29, 1.82) is 5.26 Å². The number of para-hydroxylation sites is 1. The fourth-order valence-corrected chi connectivity index (χ4v) is 5.47. The second-order valence-electron chi connectivity index (χ2n) is 6.67. The van der Waals surface area contributed by atoms with E-state index in [9.17, 15) is 10.1 Å². The van der Waals surface area contributed by atoms with Crippen molar-refractivity contribution in [1.82, 2.24) is 4.98 Å². The average Bonchev–Trinajstić information content (AvgIpc) is 3.37. The molecule has 0 aliphatic rings. The second kappa shape index (κ2) is 9.77. The summed E-state index contributed by atoms with van der Waals surface area (Å²) in [5.74, 6) is 0.494. The zero-order valence-corrected chi connectivity index (χ0v) is 20.4. The third-order valence-corrected chi connectivity index (χ3v) is 7.21. The molecule has 0 saturated heterocycles. The van der Waals surface area contributed by atoms with E-state index in [0.717, 1.165) is 21.0 Å². The number of thioether (sulfide) groups is 1. The first kappa shape index (κ1) is 22.4. The van der Waals surface area contributed by atoms with Crippen LogP contribution in [0.25, 0.3) is 11.0 Å². The summed E-state index contributed by atoms with van der Waals surface area (Å²) in [5, 5.41) is 12.1. The Morgan fingerprint density at radius 2 is 2.16 bits per heavy atom. The van der Waals surface area contributed by atoms with Gasteiger partial charge in [0, 0.05) is 33.8 Å². The second-order valence-corrected chi connectivity index (χ2v) is 9.60. The standard InChI is InChI=1S/C23H17BrN2O4S2/c1-3-28-19-9-14(10-25)8-17(24)21(19)30-22(27)20-16(12-32-23-26-13(2)11-31-23)15-6-4-5-7-18(15)29-20/h4-9,11H,3,12H2,1-2H3. The third kappa shape index (κ3) is 4.67. The first-order valence-corrected chi connectivity index (χ1v) is 12.3. The van der Waals surface area contributed by atoms with Crippen molar-refractivity contribution in [3.63, 3.8) is 0 Å². The number of carbonyl (C=O) groups excluding carboxylic acids is 1. The van der Waals surface area contributed by atoms with Crippen molar-refractivity contribution in [2.24, 2.45) is 0 Å². The molecule has 0 amide bonds. The number of hydrogen-bond donors (Lipinski definition) is 0. The van der Waals surface area contributed by atoms with Crippen molar-refractivity contribution in [2.45, 2.75) is 23.9 Å². The molecule has 0 N–H and O–H groups in total. The average molecular weight is 529 g/mol. The lowest BCUT2D eigenvalue weighted by Crippen LogP contribution is -2.11. The van der Waals surface area contributed by atoms with E-state index < -0.39 is 5.97 Å². The Bertz CT molecular complexity index is 1340. The predicted octanol–water partition coefficient (Wildman–Crippen LogP) is 6.74. The first-order valence-electron chi connectivity index (χ1n) is 9.64. The molecule has 0 spiro atoms. The van der Waals surface area contributed by atoms with Crippen LogP contribution in [-0.2, 0) is 5.75 Å². The molecule has 0 unspecified atom stereocenters. The number of halogens is 1. The van der Waals surface area contributed by atoms with E-state index in [0.29, 0.717) is 33.7 Å². The number of hydrogen-bond acceptors (Lipinski definition) is 8. The minimum Gasteiger partial charge on any atom is -0.490 e. The number of nitrogens with zero attached hydrogens (tertiary/aromatic N) is 2. The summed E-state index contributed by atoms with van der Waals surface area (Å²) in [6, 6.07) is 12.7. The van der Waals surface area contributed by atoms with Crippen LogP contribution in [0.15, 0.2) is 55.0 Å². The van der Waals surface area contributed by atoms with E-state index >= 15 is 0 Å². The van der Waals surface area contributed by atoms with Crippen LogP contribution >= 0.6 is 39.0 Å². The number of furan rings is 1. The van der Waals surface area contributed by atoms with Crippen molar-refractivity contribution < 1.29 is 18.7 Å². The molecule has 0 aliphatic heterocycles. The first-order chi connectivity index (χ1) is 15.5. The highest BCUT2D eigenvalue weighted by atomic mass is 79.9. The molecule has 0 bridgehead atoms. The van der Waals surface area contributed by atoms with Gasteiger partial charge in [0.2, 0.25) is 5.76 Å². The number of ether oxygens (including phenoxy) is 2. The van der Waals surface area contributed by atoms with Gasteiger partial charge in [-0.15, -0.1) is 11.3 Å². The summed E-state index contributed by atoms with van der Waals surface area (Å²) in [6.07, 6.45) is 0. The van der Waals surface area contributed by atoms with E-state index in [1.54, 1.807) is 29.2 Å². The molecule has 9 heteroatoms. The van der Waals surface area contributed by atoms with Crippen LogP contribution in [-0.4, -0.2) is 17.6 Å². The number of benzene rings is 2. The summed E-state index contributed by atoms with van der Waals surface area (Å²) < 4.78 is 18.6. The fourth-order valence-electron chi connectivity index (χ4n) is 3.07. The van der Waals surface area contributed by atoms with Gasteiger partial charge in [-0.3, -0.25) is 0 Å². The lowest BCUT2D eigenvalue weighted by molar-refractivity contribution is 0.0695. The highest BCUT2D eigenvalue weighted by Gasteiger charge is 2.25. The maximum Gasteiger partial charge on any atom is 0.380 e. The van der Waals surface area contributed by atoms with Gasteiger partial charge in [0.1, 0.15) is 9.92 Å². The molecule has 32 heavy (non-hydrogen) atoms. The van der Waals surface area contributed by atoms with E-state index in [1.165, 1.54) is 6.07 Å². The third-order valence-electron chi connectivity index (χ3n) is 4.45. The molecule has 2 aromatic carbocycles. The van der Waals surface area contributed by atoms with Gasteiger partial charge in [0.05, 0.1) is 22.7 Å². The van der Waals surface area contributed by atoms with E-state index in [2.05, 4.69) is 27.0 Å². The molecule has 6 nitrogen and oxygen atoms in total. The van der Waals surface area contributed by atoms with Crippen molar-refractivity contribution in [2.75, 3.05) is 6.61 Å². The van der Waals surface area contributed by atoms with Gasteiger partial charge in [-0.2, -0.15) is 5.26 Å². The Kier molecular flexibility index (Phi) is 6.84. The lowest BCUT2D eigenvalue weighted by atomic mass is 10.1. The quantitative estimate of drug-likeness (QED) is 0.149. The largest absolute Gasteiger partial charge is 0.490 e. The van der Waals surface area contributed by atoms with E-state index in [1.807, 2.05) is 43.5 Å². The van der Waals surface area contributed by atoms with Crippen LogP contribution in [0.3, 0.4) is 0 Å². The van der Waals surface area contributed by atoms with Gasteiger partial charge in [-0.25, -0.2) is 9.78 Å². The smallest absolute Gasteiger partial charge is 0.380 e. The van der Waals surface area contributed by atoms with Gasteiger partial charge < -0.3 is 13.9 Å². The summed E-state index contributed by atoms with van der Waals surface area (Å²) >= 11 is 6.48. The molecule has 4 rings (SSSR count). The number of carbonyl (C=O) groups is 1. The van der Waals surface area contributed by atoms with E-state index in [-0.39, 0.29) is 11.5 Å². The number of aromatic nitrogens is 1.